The van der Waals surface area contributed by atoms with Gasteiger partial charge in [-0.2, -0.15) is 0 Å². The van der Waals surface area contributed by atoms with Gasteiger partial charge in [-0.25, -0.2) is 0 Å². The highest BCUT2D eigenvalue weighted by Gasteiger charge is 2.30. The predicted molar refractivity (Wildman–Crippen MR) is 75.0 cm³/mol. The van der Waals surface area contributed by atoms with Gasteiger partial charge in [0.1, 0.15) is 6.04 Å². The van der Waals surface area contributed by atoms with Crippen LogP contribution in [-0.2, 0) is 9.59 Å². The Bertz CT molecular complexity index is 498. The quantitative estimate of drug-likeness (QED) is 0.872. The molecule has 5 nitrogen and oxygen atoms in total. The van der Waals surface area contributed by atoms with E-state index in [1.807, 2.05) is 31.2 Å². The Kier molecular flexibility index (Phi) is 4.39. The monoisotopic (exact) mass is 276 g/mol. The fourth-order valence-electron chi connectivity index (χ4n) is 2.49. The molecule has 1 aliphatic rings. The number of amides is 1. The van der Waals surface area contributed by atoms with E-state index in [9.17, 15) is 9.59 Å². The molecule has 1 fully saturated rings. The Labute approximate surface area is 118 Å². The maximum Gasteiger partial charge on any atom is 0.308 e. The third-order valence-corrected chi connectivity index (χ3v) is 3.78. The number of piperidine rings is 1. The lowest BCUT2D eigenvalue weighted by Gasteiger charge is -2.32. The van der Waals surface area contributed by atoms with Gasteiger partial charge in [0.25, 0.3) is 0 Å². The molecule has 1 aromatic rings. The van der Waals surface area contributed by atoms with Gasteiger partial charge < -0.3 is 15.7 Å². The summed E-state index contributed by atoms with van der Waals surface area (Å²) in [5.41, 5.74) is 7.87. The van der Waals surface area contributed by atoms with Crippen molar-refractivity contribution in [2.24, 2.45) is 11.7 Å². The number of carbonyl (C=O) groups is 2. The van der Waals surface area contributed by atoms with Crippen molar-refractivity contribution >= 4 is 11.9 Å². The second kappa shape index (κ2) is 6.05. The lowest BCUT2D eigenvalue weighted by Crippen LogP contribution is -2.46. The second-order valence-corrected chi connectivity index (χ2v) is 5.35. The summed E-state index contributed by atoms with van der Waals surface area (Å²) < 4.78 is 0. The van der Waals surface area contributed by atoms with Gasteiger partial charge in [-0.05, 0) is 25.3 Å². The molecule has 0 spiro atoms. The Morgan fingerprint density at radius 3 is 2.60 bits per heavy atom. The van der Waals surface area contributed by atoms with Crippen LogP contribution in [-0.4, -0.2) is 35.0 Å². The molecule has 0 aliphatic carbocycles. The van der Waals surface area contributed by atoms with Gasteiger partial charge in [0, 0.05) is 13.1 Å². The SMILES string of the molecule is Cc1ccc(C(N)C(=O)N2CCCC(C(=O)O)C2)cc1. The van der Waals surface area contributed by atoms with Crippen LogP contribution in [0, 0.1) is 12.8 Å². The van der Waals surface area contributed by atoms with E-state index in [1.165, 1.54) is 0 Å². The highest BCUT2D eigenvalue weighted by Crippen LogP contribution is 2.21. The first-order chi connectivity index (χ1) is 9.49. The average molecular weight is 276 g/mol. The molecule has 0 radical (unpaired) electrons. The normalized spacial score (nSPS) is 20.5. The van der Waals surface area contributed by atoms with Crippen molar-refractivity contribution in [1.82, 2.24) is 4.90 Å². The van der Waals surface area contributed by atoms with Crippen molar-refractivity contribution < 1.29 is 14.7 Å². The van der Waals surface area contributed by atoms with Crippen molar-refractivity contribution in [3.05, 3.63) is 35.4 Å². The van der Waals surface area contributed by atoms with Crippen LogP contribution < -0.4 is 5.73 Å². The van der Waals surface area contributed by atoms with E-state index in [4.69, 9.17) is 10.8 Å². The molecular formula is C15H20N2O3. The van der Waals surface area contributed by atoms with Crippen LogP contribution in [0.4, 0.5) is 0 Å². The Hall–Kier alpha value is -1.88. The molecule has 2 rings (SSSR count). The van der Waals surface area contributed by atoms with E-state index in [2.05, 4.69) is 0 Å². The predicted octanol–water partition coefficient (Wildman–Crippen LogP) is 1.32. The van der Waals surface area contributed by atoms with Crippen molar-refractivity contribution in [1.29, 1.82) is 0 Å². The summed E-state index contributed by atoms with van der Waals surface area (Å²) >= 11 is 0. The summed E-state index contributed by atoms with van der Waals surface area (Å²) in [6.07, 6.45) is 1.34. The van der Waals surface area contributed by atoms with Crippen LogP contribution >= 0.6 is 0 Å². The maximum absolute atomic E-state index is 12.4. The average Bonchev–Trinajstić information content (AvgIpc) is 2.46. The van der Waals surface area contributed by atoms with Crippen LogP contribution in [0.2, 0.25) is 0 Å². The molecule has 1 aromatic carbocycles. The van der Waals surface area contributed by atoms with Crippen molar-refractivity contribution in [3.8, 4) is 0 Å². The van der Waals surface area contributed by atoms with Gasteiger partial charge in [-0.3, -0.25) is 9.59 Å². The van der Waals surface area contributed by atoms with Crippen LogP contribution in [0.5, 0.6) is 0 Å². The molecular weight excluding hydrogens is 256 g/mol. The van der Waals surface area contributed by atoms with E-state index < -0.39 is 17.9 Å². The molecule has 0 saturated carbocycles. The zero-order valence-corrected chi connectivity index (χ0v) is 11.6. The number of carboxylic acids is 1. The third kappa shape index (κ3) is 3.17. The van der Waals surface area contributed by atoms with Crippen molar-refractivity contribution in [2.45, 2.75) is 25.8 Å². The number of carbonyl (C=O) groups excluding carboxylic acids is 1. The zero-order valence-electron chi connectivity index (χ0n) is 11.6. The topological polar surface area (TPSA) is 83.6 Å². The lowest BCUT2D eigenvalue weighted by atomic mass is 9.96. The summed E-state index contributed by atoms with van der Waals surface area (Å²) in [6.45, 7) is 2.81. The van der Waals surface area contributed by atoms with Gasteiger partial charge in [0.2, 0.25) is 5.91 Å². The van der Waals surface area contributed by atoms with Crippen LogP contribution in [0.3, 0.4) is 0 Å². The number of benzene rings is 1. The number of carboxylic acid groups (broad SMARTS) is 1. The van der Waals surface area contributed by atoms with Gasteiger partial charge in [0.05, 0.1) is 5.92 Å². The first-order valence-corrected chi connectivity index (χ1v) is 6.83. The minimum absolute atomic E-state index is 0.195. The summed E-state index contributed by atoms with van der Waals surface area (Å²) in [4.78, 5) is 25.0. The molecule has 20 heavy (non-hydrogen) atoms. The summed E-state index contributed by atoms with van der Waals surface area (Å²) in [5.74, 6) is -1.51. The smallest absolute Gasteiger partial charge is 0.308 e. The molecule has 5 heteroatoms. The molecule has 1 saturated heterocycles. The third-order valence-electron chi connectivity index (χ3n) is 3.78. The molecule has 1 amide bonds. The molecule has 2 atom stereocenters. The summed E-state index contributed by atoms with van der Waals surface area (Å²) in [6, 6.07) is 6.80. The molecule has 3 N–H and O–H groups in total. The van der Waals surface area contributed by atoms with Crippen LogP contribution in [0.1, 0.15) is 30.0 Å². The van der Waals surface area contributed by atoms with Crippen LogP contribution in [0.15, 0.2) is 24.3 Å². The Balaban J connectivity index is 2.06. The number of aryl methyl sites for hydroxylation is 1. The molecule has 1 heterocycles. The van der Waals surface area contributed by atoms with E-state index in [0.717, 1.165) is 11.1 Å². The van der Waals surface area contributed by atoms with E-state index in [1.54, 1.807) is 4.90 Å². The standard InChI is InChI=1S/C15H20N2O3/c1-10-4-6-11(7-5-10)13(16)14(18)17-8-2-3-12(9-17)15(19)20/h4-7,12-13H,2-3,8-9,16H2,1H3,(H,19,20). The minimum Gasteiger partial charge on any atom is -0.481 e. The summed E-state index contributed by atoms with van der Waals surface area (Å²) in [5, 5.41) is 9.05. The largest absolute Gasteiger partial charge is 0.481 e. The fourth-order valence-corrected chi connectivity index (χ4v) is 2.49. The van der Waals surface area contributed by atoms with Crippen molar-refractivity contribution in [2.75, 3.05) is 13.1 Å². The minimum atomic E-state index is -0.841. The maximum atomic E-state index is 12.4. The van der Waals surface area contributed by atoms with E-state index in [-0.39, 0.29) is 12.5 Å². The van der Waals surface area contributed by atoms with Crippen molar-refractivity contribution in [3.63, 3.8) is 0 Å². The number of likely N-dealkylation sites (tertiary alicyclic amines) is 1. The lowest BCUT2D eigenvalue weighted by molar-refractivity contribution is -0.146. The number of hydrogen-bond donors (Lipinski definition) is 2. The highest BCUT2D eigenvalue weighted by atomic mass is 16.4. The van der Waals surface area contributed by atoms with Gasteiger partial charge >= 0.3 is 5.97 Å². The fraction of sp³-hybridized carbons (Fsp3) is 0.467. The first-order valence-electron chi connectivity index (χ1n) is 6.83. The second-order valence-electron chi connectivity index (χ2n) is 5.35. The summed E-state index contributed by atoms with van der Waals surface area (Å²) in [7, 11) is 0. The number of nitrogens with zero attached hydrogens (tertiary/aromatic N) is 1. The number of hydrogen-bond acceptors (Lipinski definition) is 3. The Morgan fingerprint density at radius 1 is 1.35 bits per heavy atom. The first kappa shape index (κ1) is 14.5. The highest BCUT2D eigenvalue weighted by molar-refractivity contribution is 5.84. The number of rotatable bonds is 3. The molecule has 0 aromatic heterocycles. The molecule has 0 bridgehead atoms. The van der Waals surface area contributed by atoms with Gasteiger partial charge in [0.15, 0.2) is 0 Å². The van der Waals surface area contributed by atoms with Gasteiger partial charge in [-0.15, -0.1) is 0 Å². The molecule has 2 unspecified atom stereocenters. The van der Waals surface area contributed by atoms with Gasteiger partial charge in [-0.1, -0.05) is 29.8 Å². The number of nitrogens with two attached hydrogens (primary N) is 1. The Morgan fingerprint density at radius 2 is 2.00 bits per heavy atom. The zero-order chi connectivity index (χ0) is 14.7. The van der Waals surface area contributed by atoms with E-state index in [0.29, 0.717) is 19.4 Å². The molecule has 1 aliphatic heterocycles. The molecule has 108 valence electrons. The van der Waals surface area contributed by atoms with Crippen LogP contribution in [0.25, 0.3) is 0 Å². The number of aliphatic carboxylic acids is 1. The van der Waals surface area contributed by atoms with E-state index >= 15 is 0 Å².